The summed E-state index contributed by atoms with van der Waals surface area (Å²) >= 11 is 7.45. The zero-order chi connectivity index (χ0) is 26.0. The molecule has 0 bridgehead atoms. The van der Waals surface area contributed by atoms with Crippen LogP contribution in [0.3, 0.4) is 0 Å². The molecule has 0 amide bonds. The number of esters is 1. The average molecular weight is 529 g/mol. The Morgan fingerprint density at radius 2 is 1.92 bits per heavy atom. The molecule has 11 heteroatoms. The molecular formula is C25H21ClN2O7S. The molecule has 2 aromatic carbocycles. The maximum Gasteiger partial charge on any atom is 0.341 e. The van der Waals surface area contributed by atoms with Gasteiger partial charge >= 0.3 is 11.9 Å². The van der Waals surface area contributed by atoms with Crippen LogP contribution in [0.15, 0.2) is 63.5 Å². The summed E-state index contributed by atoms with van der Waals surface area (Å²) in [6.45, 7) is 1.23. The van der Waals surface area contributed by atoms with Crippen LogP contribution in [0.2, 0.25) is 5.02 Å². The Labute approximate surface area is 214 Å². The zero-order valence-electron chi connectivity index (χ0n) is 19.5. The lowest BCUT2D eigenvalue weighted by Gasteiger charge is -2.25. The van der Waals surface area contributed by atoms with E-state index in [4.69, 9.17) is 30.9 Å². The number of thiazole rings is 1. The SMILES string of the molecule is COC(=O)C1=C(C)N=c2s/c(=C\c3ccc(OCC(=O)O)cc3)c(=O)n2[C@H]1c1cc(Cl)ccc1OC. The number of carbonyl (C=O) groups is 2. The quantitative estimate of drug-likeness (QED) is 0.468. The van der Waals surface area contributed by atoms with E-state index in [9.17, 15) is 14.4 Å². The van der Waals surface area contributed by atoms with Crippen molar-refractivity contribution in [1.29, 1.82) is 0 Å². The van der Waals surface area contributed by atoms with Crippen LogP contribution < -0.4 is 24.4 Å². The number of allylic oxidation sites excluding steroid dienone is 1. The maximum absolute atomic E-state index is 13.6. The second-order valence-corrected chi connectivity index (χ2v) is 9.16. The Balaban J connectivity index is 1.87. The number of ether oxygens (including phenoxy) is 3. The van der Waals surface area contributed by atoms with Crippen molar-refractivity contribution in [3.05, 3.63) is 89.6 Å². The Morgan fingerprint density at radius 3 is 2.56 bits per heavy atom. The number of carbonyl (C=O) groups excluding carboxylic acids is 1. The van der Waals surface area contributed by atoms with Gasteiger partial charge in [-0.15, -0.1) is 0 Å². The van der Waals surface area contributed by atoms with E-state index in [1.165, 1.54) is 30.1 Å². The Bertz CT molecular complexity index is 1550. The van der Waals surface area contributed by atoms with Gasteiger partial charge in [0, 0.05) is 10.6 Å². The molecule has 1 N–H and O–H groups in total. The number of rotatable bonds is 7. The molecule has 0 aliphatic carbocycles. The predicted octanol–water partition coefficient (Wildman–Crippen LogP) is 2.53. The number of hydrogen-bond donors (Lipinski definition) is 1. The predicted molar refractivity (Wildman–Crippen MR) is 133 cm³/mol. The van der Waals surface area contributed by atoms with Crippen molar-refractivity contribution < 1.29 is 28.9 Å². The van der Waals surface area contributed by atoms with Crippen molar-refractivity contribution in [2.24, 2.45) is 4.99 Å². The van der Waals surface area contributed by atoms with Crippen molar-refractivity contribution >= 4 is 41.0 Å². The number of fused-ring (bicyclic) bond motifs is 1. The number of benzene rings is 2. The first kappa shape index (κ1) is 25.2. The topological polar surface area (TPSA) is 116 Å². The van der Waals surface area contributed by atoms with Gasteiger partial charge in [-0.2, -0.15) is 0 Å². The number of aliphatic carboxylic acids is 1. The number of aromatic nitrogens is 1. The summed E-state index contributed by atoms with van der Waals surface area (Å²) in [5.41, 5.74) is 1.49. The average Bonchev–Trinajstić information content (AvgIpc) is 3.16. The molecule has 4 rings (SSSR count). The third-order valence-electron chi connectivity index (χ3n) is 5.45. The molecule has 186 valence electrons. The van der Waals surface area contributed by atoms with Crippen LogP contribution in [0.4, 0.5) is 0 Å². The van der Waals surface area contributed by atoms with E-state index in [0.717, 1.165) is 0 Å². The molecule has 0 fully saturated rings. The lowest BCUT2D eigenvalue weighted by molar-refractivity contribution is -0.139. The van der Waals surface area contributed by atoms with Crippen LogP contribution >= 0.6 is 22.9 Å². The van der Waals surface area contributed by atoms with Crippen LogP contribution in [0.1, 0.15) is 24.1 Å². The molecular weight excluding hydrogens is 508 g/mol. The van der Waals surface area contributed by atoms with Gasteiger partial charge in [-0.1, -0.05) is 35.1 Å². The molecule has 1 aliphatic heterocycles. The van der Waals surface area contributed by atoms with Gasteiger partial charge < -0.3 is 19.3 Å². The van der Waals surface area contributed by atoms with Gasteiger partial charge in [-0.05, 0) is 48.9 Å². The van der Waals surface area contributed by atoms with Crippen LogP contribution in [0, 0.1) is 0 Å². The minimum absolute atomic E-state index is 0.206. The van der Waals surface area contributed by atoms with Crippen LogP contribution in [-0.2, 0) is 14.3 Å². The second kappa shape index (κ2) is 10.4. The summed E-state index contributed by atoms with van der Waals surface area (Å²) < 4.78 is 17.5. The molecule has 1 aromatic heterocycles. The summed E-state index contributed by atoms with van der Waals surface area (Å²) in [7, 11) is 2.76. The molecule has 3 aromatic rings. The number of carboxylic acids is 1. The van der Waals surface area contributed by atoms with Crippen LogP contribution in [0.5, 0.6) is 11.5 Å². The van der Waals surface area contributed by atoms with Gasteiger partial charge in [-0.3, -0.25) is 9.36 Å². The molecule has 0 radical (unpaired) electrons. The normalized spacial score (nSPS) is 15.2. The largest absolute Gasteiger partial charge is 0.496 e. The van der Waals surface area contributed by atoms with Crippen LogP contribution in [-0.4, -0.2) is 42.4 Å². The highest BCUT2D eigenvalue weighted by Crippen LogP contribution is 2.37. The van der Waals surface area contributed by atoms with E-state index >= 15 is 0 Å². The van der Waals surface area contributed by atoms with Crippen molar-refractivity contribution in [1.82, 2.24) is 4.57 Å². The molecule has 2 heterocycles. The highest BCUT2D eigenvalue weighted by molar-refractivity contribution is 7.07. The molecule has 0 spiro atoms. The first-order valence-corrected chi connectivity index (χ1v) is 11.8. The van der Waals surface area contributed by atoms with E-state index in [-0.39, 0.29) is 11.1 Å². The minimum Gasteiger partial charge on any atom is -0.496 e. The van der Waals surface area contributed by atoms with Gasteiger partial charge in [-0.25, -0.2) is 14.6 Å². The molecule has 1 atom stereocenters. The summed E-state index contributed by atoms with van der Waals surface area (Å²) in [4.78, 5) is 42.1. The maximum atomic E-state index is 13.6. The third-order valence-corrected chi connectivity index (χ3v) is 6.67. The molecule has 36 heavy (non-hydrogen) atoms. The number of methoxy groups -OCH3 is 2. The van der Waals surface area contributed by atoms with Crippen molar-refractivity contribution in [2.45, 2.75) is 13.0 Å². The smallest absolute Gasteiger partial charge is 0.341 e. The lowest BCUT2D eigenvalue weighted by atomic mass is 9.95. The summed E-state index contributed by atoms with van der Waals surface area (Å²) in [5, 5.41) is 9.16. The van der Waals surface area contributed by atoms with E-state index < -0.39 is 24.6 Å². The van der Waals surface area contributed by atoms with Crippen molar-refractivity contribution in [3.63, 3.8) is 0 Å². The first-order chi connectivity index (χ1) is 17.2. The standard InChI is InChI=1S/C25H21ClN2O7S/c1-13-21(24(32)34-3)22(17-11-15(26)6-9-18(17)33-2)28-23(31)19(36-25(28)27-13)10-14-4-7-16(8-5-14)35-12-20(29)30/h4-11,22H,12H2,1-3H3,(H,29,30)/b19-10-/t22-/m0/s1. The van der Waals surface area contributed by atoms with E-state index in [1.807, 2.05) is 0 Å². The molecule has 0 saturated heterocycles. The highest BCUT2D eigenvalue weighted by atomic mass is 35.5. The summed E-state index contributed by atoms with van der Waals surface area (Å²) in [6, 6.07) is 10.8. The Morgan fingerprint density at radius 1 is 1.19 bits per heavy atom. The molecule has 0 saturated carbocycles. The van der Waals surface area contributed by atoms with Crippen molar-refractivity contribution in [3.8, 4) is 11.5 Å². The first-order valence-electron chi connectivity index (χ1n) is 10.6. The number of halogens is 1. The summed E-state index contributed by atoms with van der Waals surface area (Å²) in [5.74, 6) is -0.850. The fraction of sp³-hybridized carbons (Fsp3) is 0.200. The lowest BCUT2D eigenvalue weighted by Crippen LogP contribution is -2.40. The summed E-state index contributed by atoms with van der Waals surface area (Å²) in [6.07, 6.45) is 1.69. The molecule has 0 unspecified atom stereocenters. The van der Waals surface area contributed by atoms with Crippen LogP contribution in [0.25, 0.3) is 6.08 Å². The second-order valence-electron chi connectivity index (χ2n) is 7.71. The van der Waals surface area contributed by atoms with Crippen molar-refractivity contribution in [2.75, 3.05) is 20.8 Å². The van der Waals surface area contributed by atoms with E-state index in [1.54, 1.807) is 55.5 Å². The van der Waals surface area contributed by atoms with Gasteiger partial charge in [0.2, 0.25) is 0 Å². The number of carboxylic acid groups (broad SMARTS) is 1. The molecule has 1 aliphatic rings. The monoisotopic (exact) mass is 528 g/mol. The van der Waals surface area contributed by atoms with Gasteiger partial charge in [0.15, 0.2) is 11.4 Å². The highest BCUT2D eigenvalue weighted by Gasteiger charge is 2.35. The van der Waals surface area contributed by atoms with E-state index in [2.05, 4.69) is 4.99 Å². The third kappa shape index (κ3) is 4.91. The fourth-order valence-corrected chi connectivity index (χ4v) is 5.09. The Hall–Kier alpha value is -3.89. The number of nitrogens with zero attached hydrogens (tertiary/aromatic N) is 2. The van der Waals surface area contributed by atoms with Gasteiger partial charge in [0.1, 0.15) is 17.5 Å². The fourth-order valence-electron chi connectivity index (χ4n) is 3.86. The van der Waals surface area contributed by atoms with Gasteiger partial charge in [0.25, 0.3) is 5.56 Å². The zero-order valence-corrected chi connectivity index (χ0v) is 21.1. The molecule has 9 nitrogen and oxygen atoms in total. The minimum atomic E-state index is -1.08. The van der Waals surface area contributed by atoms with Gasteiger partial charge in [0.05, 0.1) is 30.0 Å². The van der Waals surface area contributed by atoms with E-state index in [0.29, 0.717) is 42.7 Å². The Kier molecular flexibility index (Phi) is 7.27. The number of hydrogen-bond acceptors (Lipinski definition) is 8.